The van der Waals surface area contributed by atoms with Crippen LogP contribution in [0.4, 0.5) is 0 Å². The van der Waals surface area contributed by atoms with Crippen molar-refractivity contribution in [2.75, 3.05) is 12.0 Å². The Bertz CT molecular complexity index is 392. The second-order valence-electron chi connectivity index (χ2n) is 3.17. The average molecular weight is 260 g/mol. The Hall–Kier alpha value is -1.08. The predicted octanol–water partition coefficient (Wildman–Crippen LogP) is 1.32. The average Bonchev–Trinajstić information content (AvgIpc) is 2.66. The van der Waals surface area contributed by atoms with Crippen molar-refractivity contribution in [2.45, 2.75) is 13.0 Å². The van der Waals surface area contributed by atoms with Crippen LogP contribution in [0.15, 0.2) is 5.38 Å². The van der Waals surface area contributed by atoms with E-state index in [9.17, 15) is 9.59 Å². The van der Waals surface area contributed by atoms with Gasteiger partial charge in [0, 0.05) is 17.2 Å². The number of hydrogen-bond acceptors (Lipinski definition) is 5. The Morgan fingerprint density at radius 2 is 2.38 bits per heavy atom. The molecule has 0 bridgehead atoms. The van der Waals surface area contributed by atoms with Crippen molar-refractivity contribution in [1.29, 1.82) is 0 Å². The van der Waals surface area contributed by atoms with Gasteiger partial charge >= 0.3 is 5.97 Å². The zero-order chi connectivity index (χ0) is 12.1. The summed E-state index contributed by atoms with van der Waals surface area (Å²) < 4.78 is 0. The molecular formula is C9H12N2O3S2. The Morgan fingerprint density at radius 1 is 1.69 bits per heavy atom. The molecule has 0 aliphatic heterocycles. The van der Waals surface area contributed by atoms with Crippen LogP contribution in [-0.2, 0) is 0 Å². The topological polar surface area (TPSA) is 79.3 Å². The molecule has 0 aliphatic rings. The van der Waals surface area contributed by atoms with E-state index in [1.165, 1.54) is 5.38 Å². The minimum Gasteiger partial charge on any atom is -0.476 e. The van der Waals surface area contributed by atoms with Crippen LogP contribution in [0.2, 0.25) is 0 Å². The lowest BCUT2D eigenvalue weighted by Crippen LogP contribution is -2.34. The van der Waals surface area contributed by atoms with E-state index in [0.717, 1.165) is 17.1 Å². The normalized spacial score (nSPS) is 12.1. The van der Waals surface area contributed by atoms with Crippen LogP contribution in [0.3, 0.4) is 0 Å². The van der Waals surface area contributed by atoms with Gasteiger partial charge in [-0.05, 0) is 13.2 Å². The smallest absolute Gasteiger partial charge is 0.365 e. The van der Waals surface area contributed by atoms with Crippen molar-refractivity contribution in [2.24, 2.45) is 0 Å². The van der Waals surface area contributed by atoms with Crippen LogP contribution >= 0.6 is 23.1 Å². The number of rotatable bonds is 5. The maximum absolute atomic E-state index is 11.6. The minimum atomic E-state index is -1.11. The predicted molar refractivity (Wildman–Crippen MR) is 64.4 cm³/mol. The Morgan fingerprint density at radius 3 is 2.88 bits per heavy atom. The number of carboxylic acid groups (broad SMARTS) is 1. The molecule has 1 amide bonds. The quantitative estimate of drug-likeness (QED) is 0.834. The molecule has 0 fully saturated rings. The highest BCUT2D eigenvalue weighted by Crippen LogP contribution is 2.09. The van der Waals surface area contributed by atoms with E-state index in [4.69, 9.17) is 5.11 Å². The second kappa shape index (κ2) is 5.86. The Kier molecular flexibility index (Phi) is 4.75. The SMILES string of the molecule is CSCC(C)NC(=O)c1csc(C(=O)O)n1. The molecule has 0 aromatic carbocycles. The van der Waals surface area contributed by atoms with Gasteiger partial charge in [0.15, 0.2) is 0 Å². The van der Waals surface area contributed by atoms with Crippen LogP contribution in [0, 0.1) is 0 Å². The van der Waals surface area contributed by atoms with Gasteiger partial charge in [-0.25, -0.2) is 9.78 Å². The Balaban J connectivity index is 2.62. The summed E-state index contributed by atoms with van der Waals surface area (Å²) in [6.45, 7) is 1.89. The van der Waals surface area contributed by atoms with Crippen molar-refractivity contribution in [3.8, 4) is 0 Å². The van der Waals surface area contributed by atoms with Crippen LogP contribution in [-0.4, -0.2) is 40.0 Å². The fourth-order valence-electron chi connectivity index (χ4n) is 1.07. The molecule has 7 heteroatoms. The summed E-state index contributed by atoms with van der Waals surface area (Å²) in [5.74, 6) is -0.631. The van der Waals surface area contributed by atoms with Crippen molar-refractivity contribution >= 4 is 35.0 Å². The first-order valence-corrected chi connectivity index (χ1v) is 6.80. The van der Waals surface area contributed by atoms with Crippen LogP contribution in [0.25, 0.3) is 0 Å². The van der Waals surface area contributed by atoms with E-state index < -0.39 is 5.97 Å². The van der Waals surface area contributed by atoms with Gasteiger partial charge < -0.3 is 10.4 Å². The molecule has 1 aromatic rings. The maximum Gasteiger partial charge on any atom is 0.365 e. The maximum atomic E-state index is 11.6. The minimum absolute atomic E-state index is 0.0393. The number of carboxylic acids is 1. The summed E-state index contributed by atoms with van der Waals surface area (Å²) in [6.07, 6.45) is 1.95. The zero-order valence-corrected chi connectivity index (χ0v) is 10.5. The summed E-state index contributed by atoms with van der Waals surface area (Å²) in [5, 5.41) is 12.8. The number of carbonyl (C=O) groups is 2. The van der Waals surface area contributed by atoms with Gasteiger partial charge in [-0.3, -0.25) is 4.79 Å². The molecule has 5 nitrogen and oxygen atoms in total. The first-order chi connectivity index (χ1) is 7.54. The van der Waals surface area contributed by atoms with Gasteiger partial charge in [-0.1, -0.05) is 0 Å². The third kappa shape index (κ3) is 3.49. The van der Waals surface area contributed by atoms with E-state index in [1.54, 1.807) is 11.8 Å². The van der Waals surface area contributed by atoms with Crippen molar-refractivity contribution in [3.63, 3.8) is 0 Å². The molecule has 0 aliphatic carbocycles. The van der Waals surface area contributed by atoms with Gasteiger partial charge in [0.25, 0.3) is 5.91 Å². The number of amides is 1. The number of aromatic nitrogens is 1. The molecule has 1 unspecified atom stereocenters. The lowest BCUT2D eigenvalue weighted by molar-refractivity contribution is 0.0696. The fourth-order valence-corrected chi connectivity index (χ4v) is 2.28. The molecule has 0 saturated carbocycles. The third-order valence-corrected chi connectivity index (χ3v) is 3.38. The van der Waals surface area contributed by atoms with Gasteiger partial charge in [0.2, 0.25) is 5.01 Å². The fraction of sp³-hybridized carbons (Fsp3) is 0.444. The first kappa shape index (κ1) is 13.0. The highest BCUT2D eigenvalue weighted by atomic mass is 32.2. The van der Waals surface area contributed by atoms with Crippen LogP contribution in [0.1, 0.15) is 27.2 Å². The van der Waals surface area contributed by atoms with E-state index in [2.05, 4.69) is 10.3 Å². The summed E-state index contributed by atoms with van der Waals surface area (Å²) in [5.41, 5.74) is 0.162. The van der Waals surface area contributed by atoms with Crippen molar-refractivity contribution < 1.29 is 14.7 Å². The Labute approximate surface area is 101 Å². The molecule has 1 rings (SSSR count). The van der Waals surface area contributed by atoms with Gasteiger partial charge in [-0.2, -0.15) is 11.8 Å². The first-order valence-electron chi connectivity index (χ1n) is 4.53. The molecule has 2 N–H and O–H groups in total. The van der Waals surface area contributed by atoms with Gasteiger partial charge in [0.1, 0.15) is 5.69 Å². The summed E-state index contributed by atoms with van der Waals surface area (Å²) in [4.78, 5) is 25.9. The highest BCUT2D eigenvalue weighted by molar-refractivity contribution is 7.98. The van der Waals surface area contributed by atoms with Crippen molar-refractivity contribution in [1.82, 2.24) is 10.3 Å². The lowest BCUT2D eigenvalue weighted by Gasteiger charge is -2.10. The molecule has 0 spiro atoms. The van der Waals surface area contributed by atoms with E-state index in [1.807, 2.05) is 13.2 Å². The standard InChI is InChI=1S/C9H12N2O3S2/c1-5(3-15-2)10-7(12)6-4-16-8(11-6)9(13)14/h4-5H,3H2,1-2H3,(H,10,12)(H,13,14). The molecule has 0 radical (unpaired) electrons. The van der Waals surface area contributed by atoms with E-state index >= 15 is 0 Å². The van der Waals surface area contributed by atoms with Crippen molar-refractivity contribution in [3.05, 3.63) is 16.1 Å². The lowest BCUT2D eigenvalue weighted by atomic mass is 10.3. The summed E-state index contributed by atoms with van der Waals surface area (Å²) in [7, 11) is 0. The number of thiazole rings is 1. The number of nitrogens with zero attached hydrogens (tertiary/aromatic N) is 1. The van der Waals surface area contributed by atoms with Gasteiger partial charge in [0.05, 0.1) is 0 Å². The summed E-state index contributed by atoms with van der Waals surface area (Å²) >= 11 is 2.58. The van der Waals surface area contributed by atoms with Gasteiger partial charge in [-0.15, -0.1) is 11.3 Å². The second-order valence-corrected chi connectivity index (χ2v) is 4.94. The molecule has 16 heavy (non-hydrogen) atoms. The van der Waals surface area contributed by atoms with Crippen LogP contribution in [0.5, 0.6) is 0 Å². The molecule has 1 aromatic heterocycles. The van der Waals surface area contributed by atoms with Crippen LogP contribution < -0.4 is 5.32 Å². The number of thioether (sulfide) groups is 1. The van der Waals surface area contributed by atoms with E-state index in [0.29, 0.717) is 0 Å². The molecule has 1 heterocycles. The number of nitrogens with one attached hydrogen (secondary N) is 1. The highest BCUT2D eigenvalue weighted by Gasteiger charge is 2.15. The number of hydrogen-bond donors (Lipinski definition) is 2. The molecular weight excluding hydrogens is 248 g/mol. The summed E-state index contributed by atoms with van der Waals surface area (Å²) in [6, 6.07) is 0.0393. The zero-order valence-electron chi connectivity index (χ0n) is 8.89. The number of carbonyl (C=O) groups excluding carboxylic acids is 1. The number of aromatic carboxylic acids is 1. The third-order valence-electron chi connectivity index (χ3n) is 1.71. The van der Waals surface area contributed by atoms with E-state index in [-0.39, 0.29) is 22.7 Å². The molecule has 1 atom stereocenters. The molecule has 0 saturated heterocycles. The monoisotopic (exact) mass is 260 g/mol. The molecule has 88 valence electrons. The largest absolute Gasteiger partial charge is 0.476 e.